The van der Waals surface area contributed by atoms with Gasteiger partial charge in [-0.2, -0.15) is 0 Å². The highest BCUT2D eigenvalue weighted by Gasteiger charge is 2.02. The van der Waals surface area contributed by atoms with E-state index in [-0.39, 0.29) is 0 Å². The lowest BCUT2D eigenvalue weighted by molar-refractivity contribution is 0.296. The number of hydrogen-bond donors (Lipinski definition) is 1. The van der Waals surface area contributed by atoms with Gasteiger partial charge in [-0.1, -0.05) is 37.3 Å². The fraction of sp³-hybridized carbons (Fsp3) is 0.333. The van der Waals surface area contributed by atoms with Crippen molar-refractivity contribution in [1.82, 2.24) is 5.32 Å². The second-order valence-corrected chi connectivity index (χ2v) is 4.92. The summed E-state index contributed by atoms with van der Waals surface area (Å²) < 4.78 is 11.1. The fourth-order valence-corrected chi connectivity index (χ4v) is 2.10. The molecule has 0 heterocycles. The van der Waals surface area contributed by atoms with Gasteiger partial charge >= 0.3 is 0 Å². The van der Waals surface area contributed by atoms with E-state index in [1.807, 2.05) is 36.4 Å². The minimum atomic E-state index is 0.511. The summed E-state index contributed by atoms with van der Waals surface area (Å²) in [6.07, 6.45) is 1.15. The summed E-state index contributed by atoms with van der Waals surface area (Å²) in [7, 11) is 1.68. The lowest BCUT2D eigenvalue weighted by Gasteiger charge is -2.10. The Morgan fingerprint density at radius 3 is 2.48 bits per heavy atom. The average Bonchev–Trinajstić information content (AvgIpc) is 2.54. The molecule has 0 unspecified atom stereocenters. The van der Waals surface area contributed by atoms with Crippen LogP contribution < -0.4 is 14.8 Å². The van der Waals surface area contributed by atoms with Crippen molar-refractivity contribution in [3.8, 4) is 11.5 Å². The molecule has 2 rings (SSSR count). The Bertz CT molecular complexity index is 537. The molecule has 2 aromatic carbocycles. The molecule has 3 nitrogen and oxygen atoms in total. The highest BCUT2D eigenvalue weighted by atomic mass is 16.5. The van der Waals surface area contributed by atoms with Crippen LogP contribution in [0.25, 0.3) is 0 Å². The largest absolute Gasteiger partial charge is 0.496 e. The maximum absolute atomic E-state index is 5.81. The van der Waals surface area contributed by atoms with Gasteiger partial charge in [-0.05, 0) is 36.7 Å². The van der Waals surface area contributed by atoms with Crippen LogP contribution in [0.3, 0.4) is 0 Å². The summed E-state index contributed by atoms with van der Waals surface area (Å²) in [6, 6.07) is 16.1. The fourth-order valence-electron chi connectivity index (χ4n) is 2.10. The summed E-state index contributed by atoms with van der Waals surface area (Å²) in [4.78, 5) is 0. The van der Waals surface area contributed by atoms with Crippen LogP contribution in [0.4, 0.5) is 0 Å². The standard InChI is InChI=1S/C18H23NO2/c1-3-12-19-13-15-8-10-17(11-9-15)21-14-16-6-4-5-7-18(16)20-2/h4-11,19H,3,12-14H2,1-2H3. The minimum Gasteiger partial charge on any atom is -0.496 e. The van der Waals surface area contributed by atoms with Crippen LogP contribution >= 0.6 is 0 Å². The average molecular weight is 285 g/mol. The Morgan fingerprint density at radius 2 is 1.76 bits per heavy atom. The summed E-state index contributed by atoms with van der Waals surface area (Å²) in [5.41, 5.74) is 2.32. The monoisotopic (exact) mass is 285 g/mol. The molecule has 21 heavy (non-hydrogen) atoms. The van der Waals surface area contributed by atoms with E-state index in [4.69, 9.17) is 9.47 Å². The first-order valence-electron chi connectivity index (χ1n) is 7.38. The molecule has 0 radical (unpaired) electrons. The zero-order valence-electron chi connectivity index (χ0n) is 12.8. The first-order valence-corrected chi connectivity index (χ1v) is 7.38. The molecular formula is C18H23NO2. The topological polar surface area (TPSA) is 30.5 Å². The van der Waals surface area contributed by atoms with Gasteiger partial charge in [-0.25, -0.2) is 0 Å². The van der Waals surface area contributed by atoms with E-state index in [1.54, 1.807) is 7.11 Å². The van der Waals surface area contributed by atoms with Crippen molar-refractivity contribution in [2.24, 2.45) is 0 Å². The third-order valence-electron chi connectivity index (χ3n) is 3.27. The molecule has 0 aliphatic carbocycles. The third kappa shape index (κ3) is 4.80. The van der Waals surface area contributed by atoms with Crippen molar-refractivity contribution in [2.75, 3.05) is 13.7 Å². The lowest BCUT2D eigenvalue weighted by Crippen LogP contribution is -2.13. The van der Waals surface area contributed by atoms with Gasteiger partial charge in [0.15, 0.2) is 0 Å². The number of nitrogens with one attached hydrogen (secondary N) is 1. The first kappa shape index (κ1) is 15.4. The van der Waals surface area contributed by atoms with Gasteiger partial charge in [0.25, 0.3) is 0 Å². The Morgan fingerprint density at radius 1 is 1.00 bits per heavy atom. The minimum absolute atomic E-state index is 0.511. The Kier molecular flexibility index (Phi) is 6.10. The van der Waals surface area contributed by atoms with Crippen LogP contribution in [0.2, 0.25) is 0 Å². The van der Waals surface area contributed by atoms with E-state index in [2.05, 4.69) is 24.4 Å². The highest BCUT2D eigenvalue weighted by molar-refractivity contribution is 5.33. The van der Waals surface area contributed by atoms with Crippen LogP contribution in [0.1, 0.15) is 24.5 Å². The molecule has 0 atom stereocenters. The molecule has 0 amide bonds. The van der Waals surface area contributed by atoms with Gasteiger partial charge in [0.1, 0.15) is 18.1 Å². The van der Waals surface area contributed by atoms with E-state index in [1.165, 1.54) is 5.56 Å². The van der Waals surface area contributed by atoms with E-state index in [0.717, 1.165) is 36.6 Å². The summed E-state index contributed by atoms with van der Waals surface area (Å²) in [6.45, 7) is 4.63. The number of hydrogen-bond acceptors (Lipinski definition) is 3. The van der Waals surface area contributed by atoms with Gasteiger partial charge < -0.3 is 14.8 Å². The molecular weight excluding hydrogens is 262 g/mol. The second kappa shape index (κ2) is 8.32. The smallest absolute Gasteiger partial charge is 0.125 e. The van der Waals surface area contributed by atoms with Crippen molar-refractivity contribution < 1.29 is 9.47 Å². The maximum atomic E-state index is 5.81. The third-order valence-corrected chi connectivity index (χ3v) is 3.27. The number of rotatable bonds is 8. The molecule has 2 aromatic rings. The summed E-state index contributed by atoms with van der Waals surface area (Å²) in [5.74, 6) is 1.73. The molecule has 0 bridgehead atoms. The maximum Gasteiger partial charge on any atom is 0.125 e. The highest BCUT2D eigenvalue weighted by Crippen LogP contribution is 2.20. The molecule has 0 aromatic heterocycles. The normalized spacial score (nSPS) is 10.4. The lowest BCUT2D eigenvalue weighted by atomic mass is 10.2. The van der Waals surface area contributed by atoms with E-state index in [9.17, 15) is 0 Å². The van der Waals surface area contributed by atoms with Crippen molar-refractivity contribution >= 4 is 0 Å². The SMILES string of the molecule is CCCNCc1ccc(OCc2ccccc2OC)cc1. The van der Waals surface area contributed by atoms with Gasteiger partial charge in [-0.15, -0.1) is 0 Å². The zero-order valence-corrected chi connectivity index (χ0v) is 12.8. The van der Waals surface area contributed by atoms with Crippen molar-refractivity contribution in [3.63, 3.8) is 0 Å². The van der Waals surface area contributed by atoms with Crippen LogP contribution in [0.15, 0.2) is 48.5 Å². The van der Waals surface area contributed by atoms with Gasteiger partial charge in [0.05, 0.1) is 7.11 Å². The summed E-state index contributed by atoms with van der Waals surface area (Å²) >= 11 is 0. The van der Waals surface area contributed by atoms with Crippen molar-refractivity contribution in [1.29, 1.82) is 0 Å². The summed E-state index contributed by atoms with van der Waals surface area (Å²) in [5, 5.41) is 3.39. The number of methoxy groups -OCH3 is 1. The Hall–Kier alpha value is -2.00. The molecule has 3 heteroatoms. The second-order valence-electron chi connectivity index (χ2n) is 4.92. The number of ether oxygens (including phenoxy) is 2. The van der Waals surface area contributed by atoms with Crippen LogP contribution in [-0.4, -0.2) is 13.7 Å². The van der Waals surface area contributed by atoms with E-state index < -0.39 is 0 Å². The molecule has 112 valence electrons. The van der Waals surface area contributed by atoms with Crippen LogP contribution in [0.5, 0.6) is 11.5 Å². The number of para-hydroxylation sites is 1. The Balaban J connectivity index is 1.88. The van der Waals surface area contributed by atoms with E-state index in [0.29, 0.717) is 6.61 Å². The van der Waals surface area contributed by atoms with Crippen molar-refractivity contribution in [3.05, 3.63) is 59.7 Å². The molecule has 0 aliphatic rings. The number of benzene rings is 2. The molecule has 0 spiro atoms. The Labute approximate surface area is 126 Å². The van der Waals surface area contributed by atoms with Crippen LogP contribution in [0, 0.1) is 0 Å². The zero-order chi connectivity index (χ0) is 14.9. The predicted molar refractivity (Wildman–Crippen MR) is 85.8 cm³/mol. The molecule has 0 fully saturated rings. The van der Waals surface area contributed by atoms with Crippen LogP contribution in [-0.2, 0) is 13.2 Å². The molecule has 0 aliphatic heterocycles. The molecule has 1 N–H and O–H groups in total. The first-order chi connectivity index (χ1) is 10.3. The van der Waals surface area contributed by atoms with Gasteiger partial charge in [-0.3, -0.25) is 0 Å². The van der Waals surface area contributed by atoms with Gasteiger partial charge in [0, 0.05) is 12.1 Å². The quantitative estimate of drug-likeness (QED) is 0.749. The predicted octanol–water partition coefficient (Wildman–Crippen LogP) is 3.77. The van der Waals surface area contributed by atoms with E-state index >= 15 is 0 Å². The van der Waals surface area contributed by atoms with Crippen molar-refractivity contribution in [2.45, 2.75) is 26.5 Å². The van der Waals surface area contributed by atoms with Gasteiger partial charge in [0.2, 0.25) is 0 Å². The molecule has 0 saturated carbocycles. The molecule has 0 saturated heterocycles.